The van der Waals surface area contributed by atoms with Crippen LogP contribution in [0.4, 0.5) is 24.5 Å². The molecule has 0 fully saturated rings. The largest absolute Gasteiger partial charge is 0.438 e. The van der Waals surface area contributed by atoms with Gasteiger partial charge in [0, 0.05) is 11.1 Å². The molecule has 0 spiro atoms. The van der Waals surface area contributed by atoms with Gasteiger partial charge in [0.2, 0.25) is 5.55 Å². The number of aryl methyl sites for hydroxylation is 1. The van der Waals surface area contributed by atoms with Gasteiger partial charge in [0.25, 0.3) is 5.91 Å². The van der Waals surface area contributed by atoms with E-state index in [0.29, 0.717) is 16.7 Å². The van der Waals surface area contributed by atoms with Crippen LogP contribution in [0, 0.1) is 6.92 Å². The van der Waals surface area contributed by atoms with Gasteiger partial charge in [0.05, 0.1) is 11.3 Å². The summed E-state index contributed by atoms with van der Waals surface area (Å²) in [5.74, 6) is -0.624. The third-order valence-corrected chi connectivity index (χ3v) is 4.69. The van der Waals surface area contributed by atoms with Crippen molar-refractivity contribution < 1.29 is 22.4 Å². The number of hydrogen-bond donors (Lipinski definition) is 1. The average molecular weight is 422 g/mol. The maximum absolute atomic E-state index is 13.0. The van der Waals surface area contributed by atoms with E-state index in [9.17, 15) is 18.0 Å². The lowest BCUT2D eigenvalue weighted by atomic mass is 10.1. The summed E-state index contributed by atoms with van der Waals surface area (Å²) in [6.07, 6.45) is -4.51. The van der Waals surface area contributed by atoms with E-state index in [1.165, 1.54) is 12.1 Å². The molecule has 31 heavy (non-hydrogen) atoms. The van der Waals surface area contributed by atoms with Crippen LogP contribution >= 0.6 is 0 Å². The molecule has 0 aliphatic rings. The third-order valence-electron chi connectivity index (χ3n) is 4.69. The Morgan fingerprint density at radius 2 is 1.68 bits per heavy atom. The fraction of sp³-hybridized carbons (Fsp3) is 0.0833. The van der Waals surface area contributed by atoms with Gasteiger partial charge >= 0.3 is 6.18 Å². The lowest BCUT2D eigenvalue weighted by Crippen LogP contribution is -2.22. The van der Waals surface area contributed by atoms with Gasteiger partial charge in [-0.1, -0.05) is 42.5 Å². The molecule has 4 nitrogen and oxygen atoms in total. The average Bonchev–Trinajstić information content (AvgIpc) is 2.74. The van der Waals surface area contributed by atoms with Crippen LogP contribution in [0.15, 0.2) is 88.3 Å². The molecule has 4 rings (SSSR count). The van der Waals surface area contributed by atoms with Crippen molar-refractivity contribution in [2.75, 3.05) is 5.32 Å². The highest BCUT2D eigenvalue weighted by atomic mass is 19.4. The summed E-state index contributed by atoms with van der Waals surface area (Å²) >= 11 is 0. The molecule has 1 amide bonds. The van der Waals surface area contributed by atoms with Gasteiger partial charge in [-0.25, -0.2) is 4.99 Å². The second kappa shape index (κ2) is 8.10. The number of carbonyl (C=O) groups is 1. The summed E-state index contributed by atoms with van der Waals surface area (Å²) in [4.78, 5) is 17.5. The van der Waals surface area contributed by atoms with Crippen LogP contribution in [0.2, 0.25) is 0 Å². The van der Waals surface area contributed by atoms with Gasteiger partial charge in [-0.3, -0.25) is 4.79 Å². The van der Waals surface area contributed by atoms with Crippen LogP contribution in [-0.2, 0) is 6.18 Å². The van der Waals surface area contributed by atoms with Crippen molar-refractivity contribution in [2.45, 2.75) is 13.1 Å². The topological polar surface area (TPSA) is 54.6 Å². The number of fused-ring (bicyclic) bond motifs is 1. The molecule has 0 aliphatic heterocycles. The lowest BCUT2D eigenvalue weighted by Gasteiger charge is -2.10. The highest BCUT2D eigenvalue weighted by Crippen LogP contribution is 2.30. The molecule has 0 saturated heterocycles. The fourth-order valence-corrected chi connectivity index (χ4v) is 3.08. The summed E-state index contributed by atoms with van der Waals surface area (Å²) in [5.41, 5.74) is 1.39. The molecule has 0 saturated carbocycles. The zero-order valence-electron chi connectivity index (χ0n) is 16.4. The van der Waals surface area contributed by atoms with Crippen molar-refractivity contribution in [3.63, 3.8) is 0 Å². The minimum absolute atomic E-state index is 0.0230. The zero-order valence-corrected chi connectivity index (χ0v) is 16.4. The van der Waals surface area contributed by atoms with E-state index < -0.39 is 17.6 Å². The highest BCUT2D eigenvalue weighted by Gasteiger charge is 2.30. The molecule has 3 aromatic carbocycles. The van der Waals surface area contributed by atoms with Gasteiger partial charge < -0.3 is 9.73 Å². The van der Waals surface area contributed by atoms with Gasteiger partial charge in [-0.2, -0.15) is 13.2 Å². The normalized spacial score (nSPS) is 12.2. The molecule has 0 radical (unpaired) electrons. The predicted octanol–water partition coefficient (Wildman–Crippen LogP) is 6.24. The first kappa shape index (κ1) is 20.4. The Morgan fingerprint density at radius 1 is 0.935 bits per heavy atom. The second-order valence-electron chi connectivity index (χ2n) is 6.93. The quantitative estimate of drug-likeness (QED) is 0.425. The van der Waals surface area contributed by atoms with Gasteiger partial charge in [0.15, 0.2) is 0 Å². The van der Waals surface area contributed by atoms with Crippen LogP contribution in [0.1, 0.15) is 21.5 Å². The lowest BCUT2D eigenvalue weighted by molar-refractivity contribution is -0.137. The van der Waals surface area contributed by atoms with Crippen molar-refractivity contribution >= 4 is 28.3 Å². The second-order valence-corrected chi connectivity index (χ2v) is 6.93. The summed E-state index contributed by atoms with van der Waals surface area (Å²) < 4.78 is 44.9. The number of para-hydroxylation sites is 2. The monoisotopic (exact) mass is 422 g/mol. The van der Waals surface area contributed by atoms with Crippen molar-refractivity contribution in [1.82, 2.24) is 0 Å². The number of carbonyl (C=O) groups excluding carboxylic acids is 1. The zero-order chi connectivity index (χ0) is 22.0. The maximum Gasteiger partial charge on any atom is 0.416 e. The van der Waals surface area contributed by atoms with Gasteiger partial charge in [-0.05, 0) is 48.9 Å². The fourth-order valence-electron chi connectivity index (χ4n) is 3.08. The SMILES string of the molecule is Cc1ccccc1N=c1oc2ccccc2cc1C(=O)Nc1cccc(C(F)(F)F)c1. The third kappa shape index (κ3) is 4.50. The molecule has 0 atom stereocenters. The molecule has 0 bridgehead atoms. The van der Waals surface area contributed by atoms with E-state index in [2.05, 4.69) is 10.3 Å². The van der Waals surface area contributed by atoms with E-state index >= 15 is 0 Å². The summed E-state index contributed by atoms with van der Waals surface area (Å²) in [6.45, 7) is 1.88. The number of amides is 1. The maximum atomic E-state index is 13.0. The minimum Gasteiger partial charge on any atom is -0.438 e. The molecule has 1 heterocycles. The number of anilines is 1. The summed E-state index contributed by atoms with van der Waals surface area (Å²) in [6, 6.07) is 20.5. The predicted molar refractivity (Wildman–Crippen MR) is 112 cm³/mol. The molecular formula is C24H17F3N2O2. The van der Waals surface area contributed by atoms with Crippen LogP contribution < -0.4 is 10.9 Å². The van der Waals surface area contributed by atoms with E-state index in [1.54, 1.807) is 36.4 Å². The Hall–Kier alpha value is -3.87. The van der Waals surface area contributed by atoms with E-state index in [1.807, 2.05) is 25.1 Å². The van der Waals surface area contributed by atoms with Gasteiger partial charge in [-0.15, -0.1) is 0 Å². The molecular weight excluding hydrogens is 405 g/mol. The minimum atomic E-state index is -4.51. The van der Waals surface area contributed by atoms with Crippen LogP contribution in [0.3, 0.4) is 0 Å². The molecule has 1 N–H and O–H groups in total. The molecule has 4 aromatic rings. The molecule has 1 aromatic heterocycles. The Morgan fingerprint density at radius 3 is 2.45 bits per heavy atom. The van der Waals surface area contributed by atoms with E-state index in [0.717, 1.165) is 17.7 Å². The van der Waals surface area contributed by atoms with Crippen molar-refractivity contribution in [3.8, 4) is 0 Å². The molecule has 7 heteroatoms. The number of nitrogens with one attached hydrogen (secondary N) is 1. The first-order valence-corrected chi connectivity index (χ1v) is 9.43. The number of benzene rings is 3. The summed E-state index contributed by atoms with van der Waals surface area (Å²) in [7, 11) is 0. The van der Waals surface area contributed by atoms with E-state index in [-0.39, 0.29) is 16.8 Å². The van der Waals surface area contributed by atoms with Crippen molar-refractivity contribution in [2.24, 2.45) is 4.99 Å². The number of alkyl halides is 3. The Balaban J connectivity index is 1.81. The van der Waals surface area contributed by atoms with Gasteiger partial charge in [0.1, 0.15) is 11.1 Å². The molecule has 156 valence electrons. The Kier molecular flexibility index (Phi) is 5.33. The highest BCUT2D eigenvalue weighted by molar-refractivity contribution is 6.05. The smallest absolute Gasteiger partial charge is 0.416 e. The first-order valence-electron chi connectivity index (χ1n) is 9.43. The number of hydrogen-bond acceptors (Lipinski definition) is 3. The van der Waals surface area contributed by atoms with Crippen LogP contribution in [0.25, 0.3) is 11.0 Å². The van der Waals surface area contributed by atoms with E-state index in [4.69, 9.17) is 4.42 Å². The first-order chi connectivity index (χ1) is 14.8. The van der Waals surface area contributed by atoms with Crippen molar-refractivity contribution in [1.29, 1.82) is 0 Å². The Labute approximate surface area is 175 Å². The molecule has 0 unspecified atom stereocenters. The number of rotatable bonds is 3. The van der Waals surface area contributed by atoms with Crippen molar-refractivity contribution in [3.05, 3.63) is 101 Å². The van der Waals surface area contributed by atoms with Crippen LogP contribution in [-0.4, -0.2) is 5.91 Å². The number of nitrogens with zero attached hydrogens (tertiary/aromatic N) is 1. The van der Waals surface area contributed by atoms with Crippen LogP contribution in [0.5, 0.6) is 0 Å². The summed E-state index contributed by atoms with van der Waals surface area (Å²) in [5, 5.41) is 3.18. The molecule has 0 aliphatic carbocycles. The standard InChI is InChI=1S/C24H17F3N2O2/c1-15-7-2-4-11-20(15)29-23-19(13-16-8-3-5-12-21(16)31-23)22(30)28-18-10-6-9-17(14-18)24(25,26)27/h2-14H,1H3,(H,28,30). The number of halogens is 3. The Bertz CT molecular complexity index is 1340.